The first-order valence-electron chi connectivity index (χ1n) is 13.5. The van der Waals surface area contributed by atoms with Crippen molar-refractivity contribution < 1.29 is 39.3 Å². The van der Waals surface area contributed by atoms with Crippen LogP contribution in [0.25, 0.3) is 0 Å². The number of primary amides is 1. The monoisotopic (exact) mass is 614 g/mol. The van der Waals surface area contributed by atoms with Crippen molar-refractivity contribution in [1.82, 2.24) is 16.0 Å². The van der Waals surface area contributed by atoms with Crippen LogP contribution in [0.4, 0.5) is 0 Å². The van der Waals surface area contributed by atoms with E-state index < -0.39 is 60.2 Å². The number of phenolic OH excluding ortho intramolecular Hbond substituents is 2. The first-order chi connectivity index (χ1) is 20.7. The van der Waals surface area contributed by atoms with Crippen molar-refractivity contribution in [3.8, 4) is 11.5 Å². The van der Waals surface area contributed by atoms with Gasteiger partial charge in [0.15, 0.2) is 5.96 Å². The molecule has 0 fully saturated rings. The van der Waals surface area contributed by atoms with Crippen molar-refractivity contribution in [3.63, 3.8) is 0 Å². The average molecular weight is 615 g/mol. The van der Waals surface area contributed by atoms with E-state index in [0.29, 0.717) is 11.1 Å². The molecular weight excluding hydrogens is 576 g/mol. The normalized spacial score (nSPS) is 13.4. The first-order valence-corrected chi connectivity index (χ1v) is 13.5. The number of rotatable bonds is 17. The van der Waals surface area contributed by atoms with E-state index in [-0.39, 0.29) is 49.7 Å². The summed E-state index contributed by atoms with van der Waals surface area (Å²) in [6, 6.07) is 6.32. The van der Waals surface area contributed by atoms with E-state index in [1.165, 1.54) is 36.4 Å². The molecule has 44 heavy (non-hydrogen) atoms. The summed E-state index contributed by atoms with van der Waals surface area (Å²) < 4.78 is 0. The number of guanidine groups is 1. The third-order valence-corrected chi connectivity index (χ3v) is 6.34. The Labute approximate surface area is 252 Å². The summed E-state index contributed by atoms with van der Waals surface area (Å²) in [6.07, 6.45) is -0.558. The summed E-state index contributed by atoms with van der Waals surface area (Å²) >= 11 is 0. The molecule has 0 radical (unpaired) electrons. The molecule has 16 nitrogen and oxygen atoms in total. The predicted octanol–water partition coefficient (Wildman–Crippen LogP) is -2.32. The van der Waals surface area contributed by atoms with Crippen LogP contribution in [-0.4, -0.2) is 81.6 Å². The van der Waals surface area contributed by atoms with Gasteiger partial charge in [0.1, 0.15) is 29.6 Å². The number of carboxylic acid groups (broad SMARTS) is 1. The lowest BCUT2D eigenvalue weighted by molar-refractivity contribution is -0.142. The molecule has 0 aromatic heterocycles. The van der Waals surface area contributed by atoms with Gasteiger partial charge in [-0.3, -0.25) is 24.2 Å². The van der Waals surface area contributed by atoms with Crippen molar-refractivity contribution in [2.75, 3.05) is 6.54 Å². The Kier molecular flexibility index (Phi) is 13.4. The highest BCUT2D eigenvalue weighted by Gasteiger charge is 2.31. The maximum absolute atomic E-state index is 13.2. The Hall–Kier alpha value is -5.38. The number of amides is 4. The van der Waals surface area contributed by atoms with Gasteiger partial charge in [-0.15, -0.1) is 0 Å². The Morgan fingerprint density at radius 3 is 1.68 bits per heavy atom. The van der Waals surface area contributed by atoms with Gasteiger partial charge in [0.2, 0.25) is 23.6 Å². The van der Waals surface area contributed by atoms with Crippen LogP contribution in [0.2, 0.25) is 0 Å². The zero-order valence-electron chi connectivity index (χ0n) is 23.8. The van der Waals surface area contributed by atoms with Crippen LogP contribution >= 0.6 is 0 Å². The summed E-state index contributed by atoms with van der Waals surface area (Å²) in [7, 11) is 0. The zero-order valence-corrected chi connectivity index (χ0v) is 23.8. The number of phenols is 2. The van der Waals surface area contributed by atoms with Gasteiger partial charge in [0.25, 0.3) is 0 Å². The summed E-state index contributed by atoms with van der Waals surface area (Å²) in [5, 5.41) is 35.8. The molecule has 0 aliphatic carbocycles. The SMILES string of the molecule is NC(=O)CC(NC(=O)C(N)Cc1ccc(O)cc1)C(=O)NC(CCCN=C(N)N)C(=O)NC(Cc1ccc(O)cc1)C(=O)O. The lowest BCUT2D eigenvalue weighted by Gasteiger charge is -2.25. The Morgan fingerprint density at radius 1 is 0.705 bits per heavy atom. The number of benzene rings is 2. The topological polar surface area (TPSA) is 299 Å². The number of nitrogens with two attached hydrogens (primary N) is 4. The molecule has 16 heteroatoms. The minimum absolute atomic E-state index is 0.0212. The molecule has 0 spiro atoms. The second-order valence-electron chi connectivity index (χ2n) is 9.99. The maximum Gasteiger partial charge on any atom is 0.326 e. The third kappa shape index (κ3) is 12.2. The predicted molar refractivity (Wildman–Crippen MR) is 159 cm³/mol. The molecule has 0 saturated carbocycles. The minimum Gasteiger partial charge on any atom is -0.508 e. The molecule has 0 aliphatic rings. The third-order valence-electron chi connectivity index (χ3n) is 6.34. The summed E-state index contributed by atoms with van der Waals surface area (Å²) in [5.41, 5.74) is 23.1. The fourth-order valence-electron chi connectivity index (χ4n) is 4.05. The van der Waals surface area contributed by atoms with Crippen LogP contribution in [-0.2, 0) is 36.8 Å². The lowest BCUT2D eigenvalue weighted by atomic mass is 10.0. The second-order valence-corrected chi connectivity index (χ2v) is 9.99. The molecule has 2 rings (SSSR count). The molecule has 0 saturated heterocycles. The number of aliphatic imine (C=N–C) groups is 1. The molecule has 4 unspecified atom stereocenters. The minimum atomic E-state index is -1.51. The summed E-state index contributed by atoms with van der Waals surface area (Å²) in [6.45, 7) is 0.0887. The van der Waals surface area contributed by atoms with Crippen molar-refractivity contribution in [2.24, 2.45) is 27.9 Å². The number of carbonyl (C=O) groups is 5. The van der Waals surface area contributed by atoms with E-state index in [9.17, 15) is 39.3 Å². The Balaban J connectivity index is 2.18. The fourth-order valence-corrected chi connectivity index (χ4v) is 4.05. The van der Waals surface area contributed by atoms with E-state index in [1.807, 2.05) is 0 Å². The van der Waals surface area contributed by atoms with Crippen LogP contribution in [0.5, 0.6) is 11.5 Å². The number of hydrogen-bond donors (Lipinski definition) is 10. The van der Waals surface area contributed by atoms with Gasteiger partial charge in [-0.05, 0) is 54.7 Å². The van der Waals surface area contributed by atoms with Gasteiger partial charge >= 0.3 is 5.97 Å². The highest BCUT2D eigenvalue weighted by atomic mass is 16.4. The van der Waals surface area contributed by atoms with Crippen LogP contribution in [0.3, 0.4) is 0 Å². The van der Waals surface area contributed by atoms with Crippen LogP contribution < -0.4 is 38.9 Å². The average Bonchev–Trinajstić information content (AvgIpc) is 2.95. The van der Waals surface area contributed by atoms with Gasteiger partial charge in [0, 0.05) is 13.0 Å². The van der Waals surface area contributed by atoms with Crippen LogP contribution in [0.15, 0.2) is 53.5 Å². The van der Waals surface area contributed by atoms with Crippen molar-refractivity contribution in [1.29, 1.82) is 0 Å². The number of hydrogen-bond acceptors (Lipinski definition) is 9. The smallest absolute Gasteiger partial charge is 0.326 e. The standard InChI is InChI=1S/C28H38N8O8/c29-19(12-15-3-7-17(37)8-4-15)24(40)35-21(14-23(30)39)26(42)34-20(2-1-11-33-28(31)32)25(41)36-22(27(43)44)13-16-5-9-18(38)10-6-16/h3-10,19-22,37-38H,1-2,11-14,29H2,(H2,30,39)(H,34,42)(H,35,40)(H,36,41)(H,43,44)(H4,31,32,33). The van der Waals surface area contributed by atoms with E-state index in [0.717, 1.165) is 0 Å². The van der Waals surface area contributed by atoms with Gasteiger partial charge in [-0.1, -0.05) is 24.3 Å². The number of nitrogens with zero attached hydrogens (tertiary/aromatic N) is 1. The number of carboxylic acids is 1. The molecule has 0 bridgehead atoms. The number of aliphatic carboxylic acids is 1. The van der Waals surface area contributed by atoms with E-state index in [2.05, 4.69) is 20.9 Å². The van der Waals surface area contributed by atoms with E-state index >= 15 is 0 Å². The molecule has 238 valence electrons. The number of aromatic hydroxyl groups is 2. The highest BCUT2D eigenvalue weighted by Crippen LogP contribution is 2.13. The van der Waals surface area contributed by atoms with Crippen molar-refractivity contribution in [2.45, 2.75) is 56.3 Å². The molecule has 0 heterocycles. The van der Waals surface area contributed by atoms with Gasteiger partial charge in [-0.25, -0.2) is 4.79 Å². The molecule has 2 aromatic rings. The molecule has 14 N–H and O–H groups in total. The maximum atomic E-state index is 13.2. The second kappa shape index (κ2) is 16.9. The fraction of sp³-hybridized carbons (Fsp3) is 0.357. The number of nitrogens with one attached hydrogen (secondary N) is 3. The first kappa shape index (κ1) is 34.8. The van der Waals surface area contributed by atoms with Gasteiger partial charge in [0.05, 0.1) is 12.5 Å². The lowest BCUT2D eigenvalue weighted by Crippen LogP contribution is -2.58. The molecular formula is C28H38N8O8. The Bertz CT molecular complexity index is 1330. The quantitative estimate of drug-likeness (QED) is 0.0512. The van der Waals surface area contributed by atoms with E-state index in [4.69, 9.17) is 22.9 Å². The van der Waals surface area contributed by atoms with Crippen molar-refractivity contribution >= 4 is 35.6 Å². The van der Waals surface area contributed by atoms with Gasteiger partial charge in [-0.2, -0.15) is 0 Å². The number of carbonyl (C=O) groups excluding carboxylic acids is 4. The largest absolute Gasteiger partial charge is 0.508 e. The van der Waals surface area contributed by atoms with Crippen LogP contribution in [0, 0.1) is 0 Å². The van der Waals surface area contributed by atoms with E-state index in [1.54, 1.807) is 12.1 Å². The Morgan fingerprint density at radius 2 is 1.18 bits per heavy atom. The van der Waals surface area contributed by atoms with Crippen LogP contribution in [0.1, 0.15) is 30.4 Å². The molecule has 4 atom stereocenters. The highest BCUT2D eigenvalue weighted by molar-refractivity contribution is 5.96. The zero-order chi connectivity index (χ0) is 32.8. The summed E-state index contributed by atoms with van der Waals surface area (Å²) in [5.74, 6) is -5.05. The molecule has 4 amide bonds. The molecule has 2 aromatic carbocycles. The van der Waals surface area contributed by atoms with Gasteiger partial charge < -0.3 is 54.2 Å². The molecule has 0 aliphatic heterocycles. The van der Waals surface area contributed by atoms with Crippen molar-refractivity contribution in [3.05, 3.63) is 59.7 Å². The summed E-state index contributed by atoms with van der Waals surface area (Å²) in [4.78, 5) is 66.8.